The molecule has 0 aromatic heterocycles. The number of rotatable bonds is 6. The van der Waals surface area contributed by atoms with Crippen LogP contribution in [0.15, 0.2) is 71.6 Å². The molecule has 1 unspecified atom stereocenters. The van der Waals surface area contributed by atoms with Gasteiger partial charge in [-0.25, -0.2) is 8.42 Å². The molecule has 0 spiro atoms. The van der Waals surface area contributed by atoms with E-state index in [9.17, 15) is 8.42 Å². The van der Waals surface area contributed by atoms with Gasteiger partial charge in [-0.3, -0.25) is 4.31 Å². The Morgan fingerprint density at radius 2 is 1.66 bits per heavy atom. The molecule has 0 saturated carbocycles. The summed E-state index contributed by atoms with van der Waals surface area (Å²) in [6, 6.07) is 19.2. The number of anilines is 1. The third-order valence-corrected chi connectivity index (χ3v) is 7.30. The molecular formula is C23H24ClNO3S. The van der Waals surface area contributed by atoms with Gasteiger partial charge >= 0.3 is 0 Å². The van der Waals surface area contributed by atoms with Crippen molar-refractivity contribution >= 4 is 27.3 Å². The highest BCUT2D eigenvalue weighted by Gasteiger charge is 2.31. The van der Waals surface area contributed by atoms with Crippen molar-refractivity contribution in [3.05, 3.63) is 88.4 Å². The molecule has 0 fully saturated rings. The Kier molecular flexibility index (Phi) is 6.20. The molecule has 0 aliphatic carbocycles. The second-order valence-corrected chi connectivity index (χ2v) is 9.17. The second kappa shape index (κ2) is 8.47. The van der Waals surface area contributed by atoms with E-state index < -0.39 is 16.1 Å². The van der Waals surface area contributed by atoms with Crippen LogP contribution in [0.5, 0.6) is 5.75 Å². The fourth-order valence-electron chi connectivity index (χ4n) is 3.35. The lowest BCUT2D eigenvalue weighted by Crippen LogP contribution is -2.34. The quantitative estimate of drug-likeness (QED) is 0.488. The van der Waals surface area contributed by atoms with Gasteiger partial charge in [-0.1, -0.05) is 48.0 Å². The largest absolute Gasteiger partial charge is 0.497 e. The molecule has 0 N–H and O–H groups in total. The molecule has 0 saturated heterocycles. The van der Waals surface area contributed by atoms with Gasteiger partial charge in [0, 0.05) is 11.1 Å². The van der Waals surface area contributed by atoms with Crippen molar-refractivity contribution in [2.45, 2.75) is 31.7 Å². The zero-order valence-electron chi connectivity index (χ0n) is 16.9. The van der Waals surface area contributed by atoms with Crippen molar-refractivity contribution in [3.8, 4) is 5.75 Å². The van der Waals surface area contributed by atoms with Crippen molar-refractivity contribution in [3.63, 3.8) is 0 Å². The normalized spacial score (nSPS) is 12.4. The van der Waals surface area contributed by atoms with Crippen LogP contribution < -0.4 is 9.04 Å². The van der Waals surface area contributed by atoms with Gasteiger partial charge in [0.15, 0.2) is 0 Å². The van der Waals surface area contributed by atoms with E-state index in [2.05, 4.69) is 0 Å². The maximum absolute atomic E-state index is 13.7. The summed E-state index contributed by atoms with van der Waals surface area (Å²) in [6.07, 6.45) is 0. The minimum absolute atomic E-state index is 0.149. The highest BCUT2D eigenvalue weighted by Crippen LogP contribution is 2.36. The maximum atomic E-state index is 13.7. The smallest absolute Gasteiger partial charge is 0.264 e. The van der Waals surface area contributed by atoms with Crippen LogP contribution in [0.3, 0.4) is 0 Å². The van der Waals surface area contributed by atoms with Crippen molar-refractivity contribution in [1.82, 2.24) is 0 Å². The van der Waals surface area contributed by atoms with Gasteiger partial charge in [-0.15, -0.1) is 0 Å². The highest BCUT2D eigenvalue weighted by molar-refractivity contribution is 7.92. The number of methoxy groups -OCH3 is 1. The number of hydrogen-bond acceptors (Lipinski definition) is 3. The summed E-state index contributed by atoms with van der Waals surface area (Å²) in [6.45, 7) is 5.70. The average molecular weight is 430 g/mol. The topological polar surface area (TPSA) is 46.6 Å². The fraction of sp³-hybridized carbons (Fsp3) is 0.217. The van der Waals surface area contributed by atoms with Gasteiger partial charge in [-0.05, 0) is 61.7 Å². The number of benzene rings is 3. The zero-order valence-corrected chi connectivity index (χ0v) is 18.5. The molecule has 0 amide bonds. The van der Waals surface area contributed by atoms with E-state index in [1.165, 1.54) is 10.4 Å². The molecule has 0 aliphatic heterocycles. The summed E-state index contributed by atoms with van der Waals surface area (Å²) < 4.78 is 34.3. The van der Waals surface area contributed by atoms with Gasteiger partial charge in [-0.2, -0.15) is 0 Å². The molecule has 29 heavy (non-hydrogen) atoms. The van der Waals surface area contributed by atoms with E-state index >= 15 is 0 Å². The Balaban J connectivity index is 2.21. The molecule has 152 valence electrons. The summed E-state index contributed by atoms with van der Waals surface area (Å²) in [4.78, 5) is 0.149. The van der Waals surface area contributed by atoms with E-state index in [4.69, 9.17) is 16.3 Å². The molecule has 0 bridgehead atoms. The first-order valence-corrected chi connectivity index (χ1v) is 11.1. The maximum Gasteiger partial charge on any atom is 0.264 e. The zero-order chi connectivity index (χ0) is 21.2. The Bertz CT molecular complexity index is 1130. The van der Waals surface area contributed by atoms with Gasteiger partial charge in [0.2, 0.25) is 0 Å². The Morgan fingerprint density at radius 1 is 0.931 bits per heavy atom. The highest BCUT2D eigenvalue weighted by atomic mass is 35.5. The lowest BCUT2D eigenvalue weighted by atomic mass is 10.0. The van der Waals surface area contributed by atoms with Crippen LogP contribution in [0.25, 0.3) is 0 Å². The van der Waals surface area contributed by atoms with Crippen LogP contribution in [0.1, 0.15) is 29.7 Å². The van der Waals surface area contributed by atoms with Crippen molar-refractivity contribution < 1.29 is 13.2 Å². The van der Waals surface area contributed by atoms with Gasteiger partial charge in [0.1, 0.15) is 5.75 Å². The number of sulfonamides is 1. The third kappa shape index (κ3) is 4.26. The minimum atomic E-state index is -3.89. The number of ether oxygens (including phenoxy) is 1. The number of hydrogen-bond donors (Lipinski definition) is 0. The van der Waals surface area contributed by atoms with Gasteiger partial charge in [0.05, 0.1) is 23.7 Å². The number of nitrogens with zero attached hydrogens (tertiary/aromatic N) is 1. The van der Waals surface area contributed by atoms with Crippen LogP contribution >= 0.6 is 11.6 Å². The first-order chi connectivity index (χ1) is 13.8. The summed E-state index contributed by atoms with van der Waals surface area (Å²) in [5.74, 6) is 0.585. The summed E-state index contributed by atoms with van der Waals surface area (Å²) >= 11 is 6.24. The summed E-state index contributed by atoms with van der Waals surface area (Å²) in [7, 11) is -2.33. The van der Waals surface area contributed by atoms with E-state index in [0.717, 1.165) is 16.7 Å². The van der Waals surface area contributed by atoms with E-state index in [0.29, 0.717) is 16.5 Å². The standard InChI is InChI=1S/C23H24ClNO3S/c1-16-8-5-6-11-22(16)18(3)25(19-9-7-10-20(14-19)28-4)29(26,27)21-13-12-17(2)23(24)15-21/h5-15,18H,1-4H3. The molecular weight excluding hydrogens is 406 g/mol. The lowest BCUT2D eigenvalue weighted by molar-refractivity contribution is 0.415. The van der Waals surface area contributed by atoms with Crippen LogP contribution in [0, 0.1) is 13.8 Å². The first kappa shape index (κ1) is 21.2. The predicted octanol–water partition coefficient (Wildman–Crippen LogP) is 5.92. The van der Waals surface area contributed by atoms with Crippen LogP contribution in [0.4, 0.5) is 5.69 Å². The van der Waals surface area contributed by atoms with Gasteiger partial charge in [0.25, 0.3) is 10.0 Å². The lowest BCUT2D eigenvalue weighted by Gasteiger charge is -2.32. The van der Waals surface area contributed by atoms with E-state index in [-0.39, 0.29) is 4.90 Å². The molecule has 4 nitrogen and oxygen atoms in total. The Morgan fingerprint density at radius 3 is 2.31 bits per heavy atom. The SMILES string of the molecule is COc1cccc(N(C(C)c2ccccc2C)S(=O)(=O)c2ccc(C)c(Cl)c2)c1. The van der Waals surface area contributed by atoms with E-state index in [1.807, 2.05) is 45.0 Å². The van der Waals surface area contributed by atoms with Gasteiger partial charge < -0.3 is 4.74 Å². The van der Waals surface area contributed by atoms with Crippen molar-refractivity contribution in [1.29, 1.82) is 0 Å². The predicted molar refractivity (Wildman–Crippen MR) is 118 cm³/mol. The number of aryl methyl sites for hydroxylation is 2. The van der Waals surface area contributed by atoms with Crippen LogP contribution in [-0.2, 0) is 10.0 Å². The van der Waals surface area contributed by atoms with Crippen molar-refractivity contribution in [2.24, 2.45) is 0 Å². The Labute approximate surface area is 177 Å². The molecule has 3 rings (SSSR count). The second-order valence-electron chi connectivity index (χ2n) is 6.95. The molecule has 0 heterocycles. The van der Waals surface area contributed by atoms with Crippen molar-refractivity contribution in [2.75, 3.05) is 11.4 Å². The Hall–Kier alpha value is -2.50. The molecule has 3 aromatic rings. The van der Waals surface area contributed by atoms with E-state index in [1.54, 1.807) is 43.5 Å². The molecule has 3 aromatic carbocycles. The fourth-order valence-corrected chi connectivity index (χ4v) is 5.25. The molecule has 0 radical (unpaired) electrons. The summed E-state index contributed by atoms with van der Waals surface area (Å²) in [5.41, 5.74) is 3.30. The average Bonchev–Trinajstić information content (AvgIpc) is 2.70. The third-order valence-electron chi connectivity index (χ3n) is 5.00. The first-order valence-electron chi connectivity index (χ1n) is 9.26. The number of halogens is 1. The molecule has 6 heteroatoms. The van der Waals surface area contributed by atoms with Crippen LogP contribution in [0.2, 0.25) is 5.02 Å². The monoisotopic (exact) mass is 429 g/mol. The molecule has 1 atom stereocenters. The minimum Gasteiger partial charge on any atom is -0.497 e. The van der Waals surface area contributed by atoms with Crippen LogP contribution in [-0.4, -0.2) is 15.5 Å². The molecule has 0 aliphatic rings. The summed E-state index contributed by atoms with van der Waals surface area (Å²) in [5, 5.41) is 0.417.